The standard InChI is InChI=1S/C15H25NSi/c1-13-9-10-16(11-13)12-14-5-7-15(8-6-14)17(2,3)4/h5-8,13H,9-12H2,1-4H3. The van der Waals surface area contributed by atoms with E-state index in [0.717, 1.165) is 12.5 Å². The lowest BCUT2D eigenvalue weighted by Crippen LogP contribution is -2.37. The molecule has 0 spiro atoms. The van der Waals surface area contributed by atoms with Gasteiger partial charge in [-0.3, -0.25) is 4.90 Å². The number of benzene rings is 1. The zero-order valence-corrected chi connectivity index (χ0v) is 12.7. The van der Waals surface area contributed by atoms with Crippen LogP contribution in [-0.4, -0.2) is 26.1 Å². The molecule has 1 atom stereocenters. The summed E-state index contributed by atoms with van der Waals surface area (Å²) in [5.41, 5.74) is 1.47. The minimum Gasteiger partial charge on any atom is -0.299 e. The molecule has 1 aliphatic heterocycles. The SMILES string of the molecule is CC1CCN(Cc2ccc([Si](C)(C)C)cc2)C1. The van der Waals surface area contributed by atoms with Gasteiger partial charge in [0.2, 0.25) is 0 Å². The zero-order chi connectivity index (χ0) is 12.5. The second kappa shape index (κ2) is 4.95. The highest BCUT2D eigenvalue weighted by molar-refractivity contribution is 6.88. The summed E-state index contributed by atoms with van der Waals surface area (Å²) >= 11 is 0. The molecule has 2 rings (SSSR count). The highest BCUT2D eigenvalue weighted by atomic mass is 28.3. The van der Waals surface area contributed by atoms with Gasteiger partial charge < -0.3 is 0 Å². The van der Waals surface area contributed by atoms with Crippen LogP contribution in [0.2, 0.25) is 19.6 Å². The summed E-state index contributed by atoms with van der Waals surface area (Å²) in [6.07, 6.45) is 1.37. The van der Waals surface area contributed by atoms with Crippen LogP contribution in [0, 0.1) is 5.92 Å². The van der Waals surface area contributed by atoms with Crippen LogP contribution >= 0.6 is 0 Å². The Bertz CT molecular complexity index is 364. The van der Waals surface area contributed by atoms with E-state index < -0.39 is 8.07 Å². The van der Waals surface area contributed by atoms with Crippen molar-refractivity contribution in [1.29, 1.82) is 0 Å². The van der Waals surface area contributed by atoms with E-state index in [1.165, 1.54) is 25.1 Å². The molecule has 1 heterocycles. The van der Waals surface area contributed by atoms with Crippen molar-refractivity contribution in [3.05, 3.63) is 29.8 Å². The molecular weight excluding hydrogens is 222 g/mol. The summed E-state index contributed by atoms with van der Waals surface area (Å²) in [4.78, 5) is 2.58. The Hall–Kier alpha value is -0.603. The van der Waals surface area contributed by atoms with Crippen molar-refractivity contribution in [3.63, 3.8) is 0 Å². The van der Waals surface area contributed by atoms with Crippen LogP contribution < -0.4 is 5.19 Å². The van der Waals surface area contributed by atoms with Crippen molar-refractivity contribution in [1.82, 2.24) is 4.90 Å². The molecule has 17 heavy (non-hydrogen) atoms. The molecule has 1 fully saturated rings. The molecule has 1 aromatic carbocycles. The van der Waals surface area contributed by atoms with Crippen LogP contribution in [0.4, 0.5) is 0 Å². The third-order valence-electron chi connectivity index (χ3n) is 3.73. The van der Waals surface area contributed by atoms with Crippen molar-refractivity contribution < 1.29 is 0 Å². The molecular formula is C15H25NSi. The monoisotopic (exact) mass is 247 g/mol. The van der Waals surface area contributed by atoms with Crippen molar-refractivity contribution >= 4 is 13.3 Å². The van der Waals surface area contributed by atoms with Gasteiger partial charge in [-0.2, -0.15) is 0 Å². The minimum absolute atomic E-state index is 0.885. The van der Waals surface area contributed by atoms with E-state index in [2.05, 4.69) is 55.7 Å². The van der Waals surface area contributed by atoms with E-state index in [1.807, 2.05) is 0 Å². The maximum Gasteiger partial charge on any atom is 0.0775 e. The molecule has 1 aromatic rings. The molecule has 94 valence electrons. The molecule has 1 aliphatic rings. The van der Waals surface area contributed by atoms with Crippen LogP contribution in [0.5, 0.6) is 0 Å². The largest absolute Gasteiger partial charge is 0.299 e. The lowest BCUT2D eigenvalue weighted by Gasteiger charge is -2.19. The van der Waals surface area contributed by atoms with E-state index in [4.69, 9.17) is 0 Å². The number of hydrogen-bond donors (Lipinski definition) is 0. The average Bonchev–Trinajstić information content (AvgIpc) is 2.63. The van der Waals surface area contributed by atoms with Gasteiger partial charge >= 0.3 is 0 Å². The van der Waals surface area contributed by atoms with Crippen molar-refractivity contribution in [2.45, 2.75) is 39.5 Å². The average molecular weight is 247 g/mol. The van der Waals surface area contributed by atoms with Gasteiger partial charge in [-0.1, -0.05) is 56.0 Å². The van der Waals surface area contributed by atoms with Gasteiger partial charge in [-0.05, 0) is 24.4 Å². The predicted molar refractivity (Wildman–Crippen MR) is 78.5 cm³/mol. The number of likely N-dealkylation sites (tertiary alicyclic amines) is 1. The van der Waals surface area contributed by atoms with Crippen molar-refractivity contribution in [2.75, 3.05) is 13.1 Å². The molecule has 0 amide bonds. The minimum atomic E-state index is -1.13. The van der Waals surface area contributed by atoms with Gasteiger partial charge in [-0.15, -0.1) is 0 Å². The first-order valence-electron chi connectivity index (χ1n) is 6.77. The summed E-state index contributed by atoms with van der Waals surface area (Å²) in [5.74, 6) is 0.885. The first-order valence-corrected chi connectivity index (χ1v) is 10.3. The van der Waals surface area contributed by atoms with Gasteiger partial charge in [0, 0.05) is 13.1 Å². The summed E-state index contributed by atoms with van der Waals surface area (Å²) in [7, 11) is -1.13. The van der Waals surface area contributed by atoms with Crippen LogP contribution in [0.15, 0.2) is 24.3 Å². The first kappa shape index (κ1) is 12.8. The summed E-state index contributed by atoms with van der Waals surface area (Å²) in [6.45, 7) is 13.3. The maximum absolute atomic E-state index is 2.58. The molecule has 0 N–H and O–H groups in total. The molecule has 1 saturated heterocycles. The Morgan fingerprint density at radius 3 is 2.29 bits per heavy atom. The molecule has 0 bridgehead atoms. The Kier molecular flexibility index (Phi) is 3.74. The second-order valence-electron chi connectivity index (χ2n) is 6.58. The van der Waals surface area contributed by atoms with E-state index in [1.54, 1.807) is 5.19 Å². The lowest BCUT2D eigenvalue weighted by molar-refractivity contribution is 0.320. The van der Waals surface area contributed by atoms with Crippen molar-refractivity contribution in [3.8, 4) is 0 Å². The first-order chi connectivity index (χ1) is 7.95. The molecule has 2 heteroatoms. The third kappa shape index (κ3) is 3.43. The van der Waals surface area contributed by atoms with Gasteiger partial charge in [0.05, 0.1) is 8.07 Å². The number of hydrogen-bond acceptors (Lipinski definition) is 1. The van der Waals surface area contributed by atoms with Crippen molar-refractivity contribution in [2.24, 2.45) is 5.92 Å². The van der Waals surface area contributed by atoms with Crippen LogP contribution in [-0.2, 0) is 6.54 Å². The van der Waals surface area contributed by atoms with E-state index in [9.17, 15) is 0 Å². The van der Waals surface area contributed by atoms with E-state index >= 15 is 0 Å². The zero-order valence-electron chi connectivity index (χ0n) is 11.7. The van der Waals surface area contributed by atoms with Crippen LogP contribution in [0.25, 0.3) is 0 Å². The van der Waals surface area contributed by atoms with E-state index in [-0.39, 0.29) is 0 Å². The quantitative estimate of drug-likeness (QED) is 0.742. The molecule has 0 radical (unpaired) electrons. The summed E-state index contributed by atoms with van der Waals surface area (Å²) < 4.78 is 0. The molecule has 0 aromatic heterocycles. The predicted octanol–water partition coefficient (Wildman–Crippen LogP) is 3.07. The Balaban J connectivity index is 1.99. The number of rotatable bonds is 3. The Morgan fingerprint density at radius 1 is 1.18 bits per heavy atom. The fraction of sp³-hybridized carbons (Fsp3) is 0.600. The lowest BCUT2D eigenvalue weighted by atomic mass is 10.2. The van der Waals surface area contributed by atoms with Gasteiger partial charge in [0.15, 0.2) is 0 Å². The maximum atomic E-state index is 2.58. The fourth-order valence-electron chi connectivity index (χ4n) is 2.54. The van der Waals surface area contributed by atoms with E-state index in [0.29, 0.717) is 0 Å². The molecule has 0 saturated carbocycles. The summed E-state index contributed by atoms with van der Waals surface area (Å²) in [5, 5.41) is 1.57. The summed E-state index contributed by atoms with van der Waals surface area (Å²) in [6, 6.07) is 9.36. The Morgan fingerprint density at radius 2 is 1.82 bits per heavy atom. The topological polar surface area (TPSA) is 3.24 Å². The highest BCUT2D eigenvalue weighted by Gasteiger charge is 2.19. The molecule has 0 aliphatic carbocycles. The molecule has 1 nitrogen and oxygen atoms in total. The fourth-order valence-corrected chi connectivity index (χ4v) is 3.70. The van der Waals surface area contributed by atoms with Gasteiger partial charge in [0.1, 0.15) is 0 Å². The van der Waals surface area contributed by atoms with Gasteiger partial charge in [0.25, 0.3) is 0 Å². The smallest absolute Gasteiger partial charge is 0.0775 e. The number of nitrogens with zero attached hydrogens (tertiary/aromatic N) is 1. The third-order valence-corrected chi connectivity index (χ3v) is 5.80. The molecule has 1 unspecified atom stereocenters. The van der Waals surface area contributed by atoms with Gasteiger partial charge in [-0.25, -0.2) is 0 Å². The highest BCUT2D eigenvalue weighted by Crippen LogP contribution is 2.17. The normalized spacial score (nSPS) is 22.0. The second-order valence-corrected chi connectivity index (χ2v) is 11.7. The Labute approximate surface area is 107 Å². The van der Waals surface area contributed by atoms with Crippen LogP contribution in [0.3, 0.4) is 0 Å². The van der Waals surface area contributed by atoms with Crippen LogP contribution in [0.1, 0.15) is 18.9 Å².